The van der Waals surface area contributed by atoms with E-state index >= 15 is 0 Å². The third-order valence-corrected chi connectivity index (χ3v) is 3.46. The Morgan fingerprint density at radius 2 is 1.92 bits per heavy atom. The summed E-state index contributed by atoms with van der Waals surface area (Å²) in [5.41, 5.74) is 0.505. The van der Waals surface area contributed by atoms with Crippen LogP contribution in [-0.2, 0) is 9.53 Å². The van der Waals surface area contributed by atoms with Gasteiger partial charge < -0.3 is 14.5 Å². The summed E-state index contributed by atoms with van der Waals surface area (Å²) in [6, 6.07) is 10.8. The molecule has 8 nitrogen and oxygen atoms in total. The van der Waals surface area contributed by atoms with Crippen LogP contribution in [0.3, 0.4) is 0 Å². The second kappa shape index (κ2) is 6.53. The summed E-state index contributed by atoms with van der Waals surface area (Å²) in [4.78, 5) is 34.4. The Morgan fingerprint density at radius 3 is 2.50 bits per heavy atom. The zero-order chi connectivity index (χ0) is 17.1. The molecule has 8 heteroatoms. The van der Waals surface area contributed by atoms with Crippen molar-refractivity contribution in [2.75, 3.05) is 0 Å². The van der Waals surface area contributed by atoms with E-state index in [9.17, 15) is 19.7 Å². The van der Waals surface area contributed by atoms with Gasteiger partial charge in [-0.25, -0.2) is 4.79 Å². The molecule has 3 rings (SSSR count). The van der Waals surface area contributed by atoms with E-state index in [-0.39, 0.29) is 11.8 Å². The van der Waals surface area contributed by atoms with Crippen LogP contribution in [0.25, 0.3) is 0 Å². The van der Waals surface area contributed by atoms with Crippen LogP contribution >= 0.6 is 0 Å². The lowest BCUT2D eigenvalue weighted by Crippen LogP contribution is -2.33. The molecule has 0 bridgehead atoms. The van der Waals surface area contributed by atoms with Gasteiger partial charge in [0.1, 0.15) is 4.92 Å². The number of benzene rings is 1. The van der Waals surface area contributed by atoms with E-state index in [2.05, 4.69) is 5.32 Å². The van der Waals surface area contributed by atoms with Gasteiger partial charge in [0.25, 0.3) is 5.91 Å². The predicted octanol–water partition coefficient (Wildman–Crippen LogP) is 2.36. The van der Waals surface area contributed by atoms with Gasteiger partial charge in [-0.15, -0.1) is 0 Å². The van der Waals surface area contributed by atoms with Crippen molar-refractivity contribution in [2.24, 2.45) is 0 Å². The fraction of sp³-hybridized carbons (Fsp3) is 0.250. The number of nitrogens with zero attached hydrogens (tertiary/aromatic N) is 1. The molecule has 0 radical (unpaired) electrons. The number of carbonyl (C=O) groups excluding carboxylic acids is 2. The molecule has 0 saturated heterocycles. The Hall–Kier alpha value is -3.16. The van der Waals surface area contributed by atoms with Crippen LogP contribution in [0.15, 0.2) is 46.9 Å². The molecule has 1 N–H and O–H groups in total. The molecule has 2 aromatic rings. The largest absolute Gasteiger partial charge is 0.441 e. The standard InChI is InChI=1S/C16H14N2O6/c19-15(17-11-6-7-11)14(10-4-2-1-3-5-10)24-16(20)12-8-9-13(23-12)18(21)22/h1-5,8-9,11,14H,6-7H2,(H,17,19)/t14-/m1/s1. The molecule has 24 heavy (non-hydrogen) atoms. The molecule has 1 saturated carbocycles. The molecule has 0 aliphatic heterocycles. The number of esters is 1. The minimum atomic E-state index is -1.15. The quantitative estimate of drug-likeness (QED) is 0.494. The summed E-state index contributed by atoms with van der Waals surface area (Å²) in [5, 5.41) is 13.4. The van der Waals surface area contributed by atoms with Gasteiger partial charge in [-0.2, -0.15) is 0 Å². The maximum atomic E-state index is 12.3. The monoisotopic (exact) mass is 330 g/mol. The highest BCUT2D eigenvalue weighted by Gasteiger charge is 2.32. The van der Waals surface area contributed by atoms with E-state index in [1.165, 1.54) is 0 Å². The second-order valence-corrected chi connectivity index (χ2v) is 5.37. The van der Waals surface area contributed by atoms with E-state index in [1.54, 1.807) is 30.3 Å². The minimum Gasteiger partial charge on any atom is -0.441 e. The van der Waals surface area contributed by atoms with Crippen LogP contribution in [0.2, 0.25) is 0 Å². The zero-order valence-corrected chi connectivity index (χ0v) is 12.5. The van der Waals surface area contributed by atoms with Gasteiger partial charge in [0.05, 0.1) is 6.07 Å². The predicted molar refractivity (Wildman–Crippen MR) is 81.1 cm³/mol. The summed E-state index contributed by atoms with van der Waals surface area (Å²) in [7, 11) is 0. The number of hydrogen-bond donors (Lipinski definition) is 1. The normalized spacial score (nSPS) is 14.7. The summed E-state index contributed by atoms with van der Waals surface area (Å²) in [6.45, 7) is 0. The fourth-order valence-electron chi connectivity index (χ4n) is 2.11. The minimum absolute atomic E-state index is 0.104. The highest BCUT2D eigenvalue weighted by atomic mass is 16.7. The van der Waals surface area contributed by atoms with Gasteiger partial charge in [-0.05, 0) is 18.9 Å². The second-order valence-electron chi connectivity index (χ2n) is 5.37. The Balaban J connectivity index is 1.78. The number of amides is 1. The highest BCUT2D eigenvalue weighted by molar-refractivity contribution is 5.91. The maximum Gasteiger partial charge on any atom is 0.433 e. The smallest absolute Gasteiger partial charge is 0.433 e. The van der Waals surface area contributed by atoms with Crippen LogP contribution in [0.1, 0.15) is 35.1 Å². The van der Waals surface area contributed by atoms with Crippen molar-refractivity contribution < 1.29 is 23.7 Å². The molecule has 0 spiro atoms. The van der Waals surface area contributed by atoms with Crippen LogP contribution in [0.5, 0.6) is 0 Å². The number of rotatable bonds is 6. The average Bonchev–Trinajstić information content (AvgIpc) is 3.24. The van der Waals surface area contributed by atoms with Crippen molar-refractivity contribution in [1.29, 1.82) is 0 Å². The maximum absolute atomic E-state index is 12.3. The van der Waals surface area contributed by atoms with Gasteiger partial charge >= 0.3 is 11.9 Å². The molecule has 1 aromatic heterocycles. The lowest BCUT2D eigenvalue weighted by Gasteiger charge is -2.17. The number of nitrogens with one attached hydrogen (secondary N) is 1. The Labute approximate surface area is 136 Å². The van der Waals surface area contributed by atoms with Crippen LogP contribution in [0.4, 0.5) is 5.88 Å². The van der Waals surface area contributed by atoms with Gasteiger partial charge in [-0.3, -0.25) is 14.9 Å². The van der Waals surface area contributed by atoms with Gasteiger partial charge in [-0.1, -0.05) is 30.3 Å². The highest BCUT2D eigenvalue weighted by Crippen LogP contribution is 2.25. The number of ether oxygens (including phenoxy) is 1. The lowest BCUT2D eigenvalue weighted by atomic mass is 10.1. The summed E-state index contributed by atoms with van der Waals surface area (Å²) >= 11 is 0. The molecule has 1 aromatic carbocycles. The number of hydrogen-bond acceptors (Lipinski definition) is 6. The van der Waals surface area contributed by atoms with Crippen molar-refractivity contribution >= 4 is 17.8 Å². The van der Waals surface area contributed by atoms with E-state index in [0.29, 0.717) is 5.56 Å². The summed E-state index contributed by atoms with van der Waals surface area (Å²) < 4.78 is 10.1. The molecule has 1 fully saturated rings. The Bertz CT molecular complexity index is 766. The molecule has 1 aliphatic carbocycles. The van der Waals surface area contributed by atoms with E-state index in [4.69, 9.17) is 9.15 Å². The topological polar surface area (TPSA) is 112 Å². The van der Waals surface area contributed by atoms with Gasteiger partial charge in [0.15, 0.2) is 0 Å². The summed E-state index contributed by atoms with van der Waals surface area (Å²) in [5.74, 6) is -2.27. The third-order valence-electron chi connectivity index (χ3n) is 3.46. The van der Waals surface area contributed by atoms with Crippen molar-refractivity contribution in [3.05, 3.63) is 63.9 Å². The number of furan rings is 1. The fourth-order valence-corrected chi connectivity index (χ4v) is 2.11. The Morgan fingerprint density at radius 1 is 1.21 bits per heavy atom. The summed E-state index contributed by atoms with van der Waals surface area (Å²) in [6.07, 6.45) is 0.639. The van der Waals surface area contributed by atoms with Crippen molar-refractivity contribution in [2.45, 2.75) is 25.0 Å². The molecule has 124 valence electrons. The first-order valence-corrected chi connectivity index (χ1v) is 7.35. The molecule has 1 atom stereocenters. The zero-order valence-electron chi connectivity index (χ0n) is 12.5. The Kier molecular flexibility index (Phi) is 4.28. The lowest BCUT2D eigenvalue weighted by molar-refractivity contribution is -0.402. The number of carbonyl (C=O) groups is 2. The number of nitro groups is 1. The first-order chi connectivity index (χ1) is 11.5. The van der Waals surface area contributed by atoms with E-state index < -0.39 is 28.8 Å². The molecular weight excluding hydrogens is 316 g/mol. The van der Waals surface area contributed by atoms with Crippen LogP contribution < -0.4 is 5.32 Å². The molecule has 1 aliphatic rings. The molecule has 0 unspecified atom stereocenters. The van der Waals surface area contributed by atoms with Crippen molar-refractivity contribution in [1.82, 2.24) is 5.32 Å². The van der Waals surface area contributed by atoms with Crippen molar-refractivity contribution in [3.8, 4) is 0 Å². The first kappa shape index (κ1) is 15.7. The molecular formula is C16H14N2O6. The van der Waals surface area contributed by atoms with Gasteiger partial charge in [0.2, 0.25) is 11.9 Å². The SMILES string of the molecule is O=C(O[C@@H](C(=O)NC1CC1)c1ccccc1)c1ccc([N+](=O)[O-])o1. The van der Waals surface area contributed by atoms with Crippen molar-refractivity contribution in [3.63, 3.8) is 0 Å². The van der Waals surface area contributed by atoms with Crippen LogP contribution in [-0.4, -0.2) is 22.8 Å². The molecule has 1 amide bonds. The van der Waals surface area contributed by atoms with Crippen LogP contribution in [0, 0.1) is 10.1 Å². The first-order valence-electron chi connectivity index (χ1n) is 7.35. The molecule has 1 heterocycles. The third kappa shape index (κ3) is 3.60. The van der Waals surface area contributed by atoms with Gasteiger partial charge in [0, 0.05) is 11.6 Å². The average molecular weight is 330 g/mol. The van der Waals surface area contributed by atoms with E-state index in [1.807, 2.05) is 0 Å². The van der Waals surface area contributed by atoms with E-state index in [0.717, 1.165) is 25.0 Å².